The van der Waals surface area contributed by atoms with Crippen LogP contribution in [-0.4, -0.2) is 44.1 Å². The lowest BCUT2D eigenvalue weighted by Crippen LogP contribution is -2.29. The molecule has 92 valence electrons. The Balaban J connectivity index is 2.12. The molecule has 0 bridgehead atoms. The van der Waals surface area contributed by atoms with Crippen LogP contribution in [0.1, 0.15) is 19.3 Å². The van der Waals surface area contributed by atoms with Crippen LogP contribution >= 0.6 is 0 Å². The summed E-state index contributed by atoms with van der Waals surface area (Å²) in [5.41, 5.74) is 0. The number of imide groups is 1. The van der Waals surface area contributed by atoms with E-state index in [1.165, 1.54) is 4.90 Å². The first-order valence-electron chi connectivity index (χ1n) is 4.98. The van der Waals surface area contributed by atoms with Gasteiger partial charge in [0, 0.05) is 6.54 Å². The Bertz CT molecular complexity index is 379. The summed E-state index contributed by atoms with van der Waals surface area (Å²) >= 11 is 0. The number of carbonyl (C=O) groups excluding carboxylic acids is 2. The highest BCUT2D eigenvalue weighted by Crippen LogP contribution is 2.03. The summed E-state index contributed by atoms with van der Waals surface area (Å²) in [7, 11) is -3.39. The van der Waals surface area contributed by atoms with Crippen LogP contribution in [-0.2, 0) is 14.8 Å². The maximum Gasteiger partial charge on any atom is 0.324 e. The van der Waals surface area contributed by atoms with Crippen molar-refractivity contribution in [3.05, 3.63) is 0 Å². The summed E-state index contributed by atoms with van der Waals surface area (Å²) in [6.07, 6.45) is 1.80. The molecule has 1 aliphatic heterocycles. The van der Waals surface area contributed by atoms with E-state index in [2.05, 4.69) is 5.32 Å². The van der Waals surface area contributed by atoms with Crippen molar-refractivity contribution in [1.82, 2.24) is 10.2 Å². The van der Waals surface area contributed by atoms with E-state index in [1.54, 1.807) is 0 Å². The van der Waals surface area contributed by atoms with E-state index in [-0.39, 0.29) is 24.2 Å². The Morgan fingerprint density at radius 1 is 1.25 bits per heavy atom. The zero-order valence-electron chi connectivity index (χ0n) is 8.81. The lowest BCUT2D eigenvalue weighted by Gasteiger charge is -2.12. The van der Waals surface area contributed by atoms with E-state index in [0.29, 0.717) is 25.8 Å². The van der Waals surface area contributed by atoms with Crippen LogP contribution in [0.3, 0.4) is 0 Å². The van der Waals surface area contributed by atoms with Crippen molar-refractivity contribution in [2.75, 3.05) is 18.8 Å². The molecular weight excluding hydrogens is 234 g/mol. The lowest BCUT2D eigenvalue weighted by molar-refractivity contribution is -0.118. The number of sulfonamides is 1. The summed E-state index contributed by atoms with van der Waals surface area (Å²) in [5.74, 6) is -0.340. The molecule has 0 aromatic heterocycles. The molecule has 3 amide bonds. The van der Waals surface area contributed by atoms with E-state index >= 15 is 0 Å². The van der Waals surface area contributed by atoms with Gasteiger partial charge in [-0.2, -0.15) is 0 Å². The van der Waals surface area contributed by atoms with Crippen molar-refractivity contribution < 1.29 is 18.0 Å². The number of hydrogen-bond donors (Lipinski definition) is 2. The van der Waals surface area contributed by atoms with Crippen molar-refractivity contribution in [3.8, 4) is 0 Å². The average Bonchev–Trinajstić information content (AvgIpc) is 2.42. The molecule has 0 atom stereocenters. The monoisotopic (exact) mass is 249 g/mol. The summed E-state index contributed by atoms with van der Waals surface area (Å²) in [5, 5.41) is 7.00. The van der Waals surface area contributed by atoms with Crippen LogP contribution < -0.4 is 10.5 Å². The molecule has 8 heteroatoms. The van der Waals surface area contributed by atoms with Gasteiger partial charge >= 0.3 is 6.03 Å². The minimum Gasteiger partial charge on any atom is -0.315 e. The highest BCUT2D eigenvalue weighted by atomic mass is 32.2. The van der Waals surface area contributed by atoms with Crippen LogP contribution in [0.2, 0.25) is 0 Å². The van der Waals surface area contributed by atoms with Gasteiger partial charge in [0.15, 0.2) is 0 Å². The number of carbonyl (C=O) groups is 2. The van der Waals surface area contributed by atoms with E-state index < -0.39 is 10.0 Å². The Morgan fingerprint density at radius 3 is 2.44 bits per heavy atom. The number of amides is 3. The van der Waals surface area contributed by atoms with Gasteiger partial charge in [0.25, 0.3) is 0 Å². The Hall–Kier alpha value is -1.15. The minimum atomic E-state index is -3.39. The number of rotatable bonds is 6. The summed E-state index contributed by atoms with van der Waals surface area (Å²) in [6.45, 7) is 0.552. The molecule has 0 aromatic rings. The van der Waals surface area contributed by atoms with Crippen LogP contribution in [0.4, 0.5) is 4.79 Å². The van der Waals surface area contributed by atoms with Crippen LogP contribution in [0.5, 0.6) is 0 Å². The molecule has 0 saturated carbocycles. The second-order valence-corrected chi connectivity index (χ2v) is 5.44. The average molecular weight is 249 g/mol. The largest absolute Gasteiger partial charge is 0.324 e. The van der Waals surface area contributed by atoms with Gasteiger partial charge in [0.05, 0.1) is 5.75 Å². The van der Waals surface area contributed by atoms with E-state index in [1.807, 2.05) is 0 Å². The van der Waals surface area contributed by atoms with E-state index in [9.17, 15) is 18.0 Å². The standard InChI is InChI=1S/C8H15N3O4S/c9-16(14,15)5-3-1-2-4-11-6-7(12)10-8(11)13/h1-6H2,(H2,9,14,15)(H,10,12,13). The van der Waals surface area contributed by atoms with Crippen molar-refractivity contribution in [2.24, 2.45) is 5.14 Å². The van der Waals surface area contributed by atoms with Crippen molar-refractivity contribution in [3.63, 3.8) is 0 Å². The third kappa shape index (κ3) is 4.58. The molecular formula is C8H15N3O4S. The molecule has 0 radical (unpaired) electrons. The fourth-order valence-electron chi connectivity index (χ4n) is 1.45. The Labute approximate surface area is 94.0 Å². The zero-order valence-corrected chi connectivity index (χ0v) is 9.62. The molecule has 7 nitrogen and oxygen atoms in total. The maximum atomic E-state index is 11.1. The quantitative estimate of drug-likeness (QED) is 0.464. The molecule has 0 aromatic carbocycles. The molecule has 1 heterocycles. The van der Waals surface area contributed by atoms with Crippen molar-refractivity contribution >= 4 is 22.0 Å². The number of unbranched alkanes of at least 4 members (excludes halogenated alkanes) is 2. The van der Waals surface area contributed by atoms with E-state index in [4.69, 9.17) is 5.14 Å². The SMILES string of the molecule is NS(=O)(=O)CCCCCN1CC(=O)NC1=O. The predicted molar refractivity (Wildman–Crippen MR) is 56.9 cm³/mol. The van der Waals surface area contributed by atoms with Gasteiger partial charge in [-0.1, -0.05) is 6.42 Å². The van der Waals surface area contributed by atoms with Gasteiger partial charge in [-0.15, -0.1) is 0 Å². The molecule has 1 fully saturated rings. The van der Waals surface area contributed by atoms with Gasteiger partial charge in [0.2, 0.25) is 15.9 Å². The third-order valence-corrected chi connectivity index (χ3v) is 3.08. The second-order valence-electron chi connectivity index (χ2n) is 3.70. The predicted octanol–water partition coefficient (Wildman–Crippen LogP) is -1.00. The van der Waals surface area contributed by atoms with E-state index in [0.717, 1.165) is 0 Å². The Kier molecular flexibility index (Phi) is 4.25. The van der Waals surface area contributed by atoms with Gasteiger partial charge in [-0.25, -0.2) is 18.4 Å². The van der Waals surface area contributed by atoms with Gasteiger partial charge < -0.3 is 4.90 Å². The topological polar surface area (TPSA) is 110 Å². The summed E-state index contributed by atoms with van der Waals surface area (Å²) < 4.78 is 21.2. The summed E-state index contributed by atoms with van der Waals surface area (Å²) in [4.78, 5) is 23.3. The highest BCUT2D eigenvalue weighted by molar-refractivity contribution is 7.89. The number of primary sulfonamides is 1. The lowest BCUT2D eigenvalue weighted by atomic mass is 10.2. The molecule has 0 aliphatic carbocycles. The van der Waals surface area contributed by atoms with Crippen LogP contribution in [0, 0.1) is 0 Å². The normalized spacial score (nSPS) is 16.7. The molecule has 3 N–H and O–H groups in total. The first kappa shape index (κ1) is 12.9. The number of urea groups is 1. The number of nitrogens with two attached hydrogens (primary N) is 1. The molecule has 16 heavy (non-hydrogen) atoms. The molecule has 0 unspecified atom stereocenters. The zero-order chi connectivity index (χ0) is 12.2. The minimum absolute atomic E-state index is 0.0435. The third-order valence-electron chi connectivity index (χ3n) is 2.22. The number of hydrogen-bond acceptors (Lipinski definition) is 4. The first-order valence-corrected chi connectivity index (χ1v) is 6.69. The fourth-order valence-corrected chi connectivity index (χ4v) is 2.05. The molecule has 0 spiro atoms. The molecule has 1 aliphatic rings. The number of nitrogens with one attached hydrogen (secondary N) is 1. The smallest absolute Gasteiger partial charge is 0.315 e. The number of nitrogens with zero attached hydrogens (tertiary/aromatic N) is 1. The molecule has 1 rings (SSSR count). The van der Waals surface area contributed by atoms with Crippen molar-refractivity contribution in [2.45, 2.75) is 19.3 Å². The van der Waals surface area contributed by atoms with Gasteiger partial charge in [0.1, 0.15) is 6.54 Å². The summed E-state index contributed by atoms with van der Waals surface area (Å²) in [6, 6.07) is -0.378. The fraction of sp³-hybridized carbons (Fsp3) is 0.750. The van der Waals surface area contributed by atoms with Gasteiger partial charge in [-0.3, -0.25) is 10.1 Å². The van der Waals surface area contributed by atoms with Crippen LogP contribution in [0.15, 0.2) is 0 Å². The Morgan fingerprint density at radius 2 is 1.94 bits per heavy atom. The second kappa shape index (κ2) is 5.26. The van der Waals surface area contributed by atoms with Crippen LogP contribution in [0.25, 0.3) is 0 Å². The first-order chi connectivity index (χ1) is 7.38. The van der Waals surface area contributed by atoms with Crippen molar-refractivity contribution in [1.29, 1.82) is 0 Å². The highest BCUT2D eigenvalue weighted by Gasteiger charge is 2.25. The molecule has 1 saturated heterocycles. The maximum absolute atomic E-state index is 11.1. The van der Waals surface area contributed by atoms with Gasteiger partial charge in [-0.05, 0) is 12.8 Å².